The summed E-state index contributed by atoms with van der Waals surface area (Å²) in [6.45, 7) is 0. The third kappa shape index (κ3) is 1.69. The quantitative estimate of drug-likeness (QED) is 0.721. The minimum Gasteiger partial charge on any atom is -0.287 e. The van der Waals surface area contributed by atoms with Gasteiger partial charge in [0.1, 0.15) is 17.3 Å². The van der Waals surface area contributed by atoms with E-state index in [2.05, 4.69) is 10.3 Å². The predicted molar refractivity (Wildman–Crippen MR) is 50.8 cm³/mol. The lowest BCUT2D eigenvalue weighted by Gasteiger charge is -2.02. The molecule has 0 unspecified atom stereocenters. The van der Waals surface area contributed by atoms with Crippen molar-refractivity contribution in [3.05, 3.63) is 47.3 Å². The van der Waals surface area contributed by atoms with Crippen LogP contribution in [0.25, 0.3) is 0 Å². The van der Waals surface area contributed by atoms with E-state index in [1.54, 1.807) is 0 Å². The van der Waals surface area contributed by atoms with E-state index < -0.39 is 17.4 Å². The monoisotopic (exact) mass is 223 g/mol. The normalized spacial score (nSPS) is 10.4. The van der Waals surface area contributed by atoms with Crippen LogP contribution in [0.3, 0.4) is 0 Å². The summed E-state index contributed by atoms with van der Waals surface area (Å²) in [4.78, 5) is 11.8. The molecule has 0 radical (unpaired) electrons. The number of nitrogens with zero attached hydrogens (tertiary/aromatic N) is 3. The summed E-state index contributed by atoms with van der Waals surface area (Å²) in [5, 5.41) is 7.04. The Hall–Kier alpha value is -2.11. The van der Waals surface area contributed by atoms with Crippen molar-refractivity contribution in [3.63, 3.8) is 0 Å². The van der Waals surface area contributed by atoms with E-state index in [-0.39, 0.29) is 11.3 Å². The van der Waals surface area contributed by atoms with Crippen LogP contribution in [0.1, 0.15) is 16.1 Å². The standard InChI is InChI=1S/C10H7F2N3O/c1-15-9(5-13-14-15)10(16)7-4-6(11)2-3-8(7)12/h2-5H,1H3. The van der Waals surface area contributed by atoms with E-state index in [1.165, 1.54) is 17.9 Å². The minimum atomic E-state index is -0.771. The van der Waals surface area contributed by atoms with Crippen LogP contribution < -0.4 is 0 Å². The summed E-state index contributed by atoms with van der Waals surface area (Å²) in [6, 6.07) is 2.71. The first kappa shape index (κ1) is 10.4. The van der Waals surface area contributed by atoms with Gasteiger partial charge in [-0.2, -0.15) is 0 Å². The average molecular weight is 223 g/mol. The Morgan fingerprint density at radius 1 is 1.38 bits per heavy atom. The Morgan fingerprint density at radius 3 is 2.75 bits per heavy atom. The molecular formula is C10H7F2N3O. The molecule has 0 saturated carbocycles. The SMILES string of the molecule is Cn1nncc1C(=O)c1cc(F)ccc1F. The topological polar surface area (TPSA) is 47.8 Å². The Labute approximate surface area is 89.5 Å². The van der Waals surface area contributed by atoms with Gasteiger partial charge in [0.2, 0.25) is 5.78 Å². The van der Waals surface area contributed by atoms with E-state index in [9.17, 15) is 13.6 Å². The van der Waals surface area contributed by atoms with Gasteiger partial charge < -0.3 is 0 Å². The lowest BCUT2D eigenvalue weighted by molar-refractivity contribution is 0.102. The molecule has 0 amide bonds. The molecule has 82 valence electrons. The van der Waals surface area contributed by atoms with Crippen molar-refractivity contribution in [2.24, 2.45) is 7.05 Å². The molecule has 2 rings (SSSR count). The number of ketones is 1. The first-order valence-electron chi connectivity index (χ1n) is 4.44. The van der Waals surface area contributed by atoms with Gasteiger partial charge in [0.25, 0.3) is 0 Å². The highest BCUT2D eigenvalue weighted by atomic mass is 19.1. The summed E-state index contributed by atoms with van der Waals surface area (Å²) >= 11 is 0. The van der Waals surface area contributed by atoms with Gasteiger partial charge in [-0.1, -0.05) is 5.21 Å². The van der Waals surface area contributed by atoms with E-state index >= 15 is 0 Å². The van der Waals surface area contributed by atoms with Gasteiger partial charge in [-0.3, -0.25) is 4.79 Å². The number of hydrogen-bond acceptors (Lipinski definition) is 3. The molecule has 0 aliphatic carbocycles. The van der Waals surface area contributed by atoms with E-state index in [4.69, 9.17) is 0 Å². The fraction of sp³-hybridized carbons (Fsp3) is 0.100. The average Bonchev–Trinajstić information content (AvgIpc) is 2.67. The lowest BCUT2D eigenvalue weighted by Crippen LogP contribution is -2.10. The van der Waals surface area contributed by atoms with Crippen LogP contribution in [0.4, 0.5) is 8.78 Å². The van der Waals surface area contributed by atoms with Crippen molar-refractivity contribution in [3.8, 4) is 0 Å². The molecule has 4 nitrogen and oxygen atoms in total. The molecule has 0 fully saturated rings. The molecule has 1 heterocycles. The number of carbonyl (C=O) groups is 1. The molecule has 2 aromatic rings. The molecule has 0 bridgehead atoms. The maximum absolute atomic E-state index is 13.3. The number of hydrogen-bond donors (Lipinski definition) is 0. The Morgan fingerprint density at radius 2 is 2.12 bits per heavy atom. The Kier molecular flexibility index (Phi) is 2.47. The molecule has 0 N–H and O–H groups in total. The minimum absolute atomic E-state index is 0.101. The Bertz CT molecular complexity index is 551. The molecule has 0 spiro atoms. The van der Waals surface area contributed by atoms with E-state index in [0.29, 0.717) is 0 Å². The number of benzene rings is 1. The highest BCUT2D eigenvalue weighted by molar-refractivity contribution is 6.07. The first-order chi connectivity index (χ1) is 7.59. The van der Waals surface area contributed by atoms with Crippen LogP contribution in [0.2, 0.25) is 0 Å². The van der Waals surface area contributed by atoms with Crippen molar-refractivity contribution >= 4 is 5.78 Å². The molecule has 6 heteroatoms. The number of carbonyl (C=O) groups excluding carboxylic acids is 1. The summed E-state index contributed by atoms with van der Waals surface area (Å²) in [5.41, 5.74) is -0.227. The number of rotatable bonds is 2. The maximum atomic E-state index is 13.3. The summed E-state index contributed by atoms with van der Waals surface area (Å²) in [7, 11) is 1.50. The van der Waals surface area contributed by atoms with Crippen LogP contribution in [-0.4, -0.2) is 20.8 Å². The second-order valence-corrected chi connectivity index (χ2v) is 3.20. The smallest absolute Gasteiger partial charge is 0.215 e. The number of halogens is 2. The van der Waals surface area contributed by atoms with Gasteiger partial charge >= 0.3 is 0 Å². The largest absolute Gasteiger partial charge is 0.287 e. The van der Waals surface area contributed by atoms with Gasteiger partial charge in [-0.25, -0.2) is 13.5 Å². The van der Waals surface area contributed by atoms with Crippen LogP contribution in [0.5, 0.6) is 0 Å². The number of aromatic nitrogens is 3. The first-order valence-corrected chi connectivity index (χ1v) is 4.44. The lowest BCUT2D eigenvalue weighted by atomic mass is 10.1. The van der Waals surface area contributed by atoms with Crippen LogP contribution in [0, 0.1) is 11.6 Å². The fourth-order valence-electron chi connectivity index (χ4n) is 1.30. The predicted octanol–water partition coefficient (Wildman–Crippen LogP) is 1.32. The van der Waals surface area contributed by atoms with Crippen molar-refractivity contribution in [1.82, 2.24) is 15.0 Å². The van der Waals surface area contributed by atoms with Crippen molar-refractivity contribution < 1.29 is 13.6 Å². The maximum Gasteiger partial charge on any atom is 0.215 e. The van der Waals surface area contributed by atoms with Crippen molar-refractivity contribution in [2.45, 2.75) is 0 Å². The van der Waals surface area contributed by atoms with Crippen molar-refractivity contribution in [1.29, 1.82) is 0 Å². The molecule has 0 saturated heterocycles. The second kappa shape index (κ2) is 3.80. The molecular weight excluding hydrogens is 216 g/mol. The molecule has 0 atom stereocenters. The Balaban J connectivity index is 2.49. The van der Waals surface area contributed by atoms with Gasteiger partial charge in [0.05, 0.1) is 11.8 Å². The van der Waals surface area contributed by atoms with Crippen molar-refractivity contribution in [2.75, 3.05) is 0 Å². The molecule has 0 aliphatic heterocycles. The molecule has 16 heavy (non-hydrogen) atoms. The molecule has 1 aromatic carbocycles. The highest BCUT2D eigenvalue weighted by Crippen LogP contribution is 2.13. The fourth-order valence-corrected chi connectivity index (χ4v) is 1.30. The third-order valence-electron chi connectivity index (χ3n) is 2.12. The van der Waals surface area contributed by atoms with Crippen LogP contribution in [0.15, 0.2) is 24.4 Å². The van der Waals surface area contributed by atoms with Gasteiger partial charge in [0.15, 0.2) is 0 Å². The van der Waals surface area contributed by atoms with Gasteiger partial charge in [-0.15, -0.1) is 5.10 Å². The highest BCUT2D eigenvalue weighted by Gasteiger charge is 2.18. The van der Waals surface area contributed by atoms with Crippen LogP contribution >= 0.6 is 0 Å². The second-order valence-electron chi connectivity index (χ2n) is 3.20. The zero-order chi connectivity index (χ0) is 11.7. The molecule has 0 aliphatic rings. The van der Waals surface area contributed by atoms with Gasteiger partial charge in [-0.05, 0) is 18.2 Å². The molecule has 1 aromatic heterocycles. The zero-order valence-corrected chi connectivity index (χ0v) is 8.32. The van der Waals surface area contributed by atoms with Crippen LogP contribution in [-0.2, 0) is 7.05 Å². The zero-order valence-electron chi connectivity index (χ0n) is 8.32. The van der Waals surface area contributed by atoms with E-state index in [0.717, 1.165) is 18.2 Å². The summed E-state index contributed by atoms with van der Waals surface area (Å²) in [6.07, 6.45) is 1.20. The number of aryl methyl sites for hydroxylation is 1. The van der Waals surface area contributed by atoms with Gasteiger partial charge in [0, 0.05) is 7.05 Å². The third-order valence-corrected chi connectivity index (χ3v) is 2.12. The summed E-state index contributed by atoms with van der Waals surface area (Å²) < 4.78 is 27.4. The van der Waals surface area contributed by atoms with E-state index in [1.807, 2.05) is 0 Å². The summed E-state index contributed by atoms with van der Waals surface area (Å²) in [5.74, 6) is -2.09.